The highest BCUT2D eigenvalue weighted by Crippen LogP contribution is 2.42. The van der Waals surface area contributed by atoms with Gasteiger partial charge in [-0.3, -0.25) is 14.5 Å². The summed E-state index contributed by atoms with van der Waals surface area (Å²) in [5.41, 5.74) is 3.82. The van der Waals surface area contributed by atoms with Crippen molar-refractivity contribution < 1.29 is 19.4 Å². The molecule has 2 aliphatic rings. The van der Waals surface area contributed by atoms with E-state index >= 15 is 0 Å². The van der Waals surface area contributed by atoms with Crippen molar-refractivity contribution in [2.24, 2.45) is 0 Å². The lowest BCUT2D eigenvalue weighted by atomic mass is 10.0. The second-order valence-corrected chi connectivity index (χ2v) is 8.58. The van der Waals surface area contributed by atoms with Crippen LogP contribution in [0.1, 0.15) is 22.3 Å². The predicted molar refractivity (Wildman–Crippen MR) is 128 cm³/mol. The minimum absolute atomic E-state index is 0.0204. The Balaban J connectivity index is 1.45. The number of hydrogen-bond acceptors (Lipinski definition) is 5. The van der Waals surface area contributed by atoms with E-state index in [0.717, 1.165) is 65.1 Å². The Morgan fingerprint density at radius 1 is 0.970 bits per heavy atom. The second kappa shape index (κ2) is 8.75. The Hall–Kier alpha value is -3.58. The number of aliphatic carboxylic acids is 1. The third-order valence-corrected chi connectivity index (χ3v) is 6.55. The molecule has 0 atom stereocenters. The molecule has 0 saturated carbocycles. The summed E-state index contributed by atoms with van der Waals surface area (Å²) in [4.78, 5) is 30.6. The van der Waals surface area contributed by atoms with Gasteiger partial charge >= 0.3 is 5.97 Å². The zero-order chi connectivity index (χ0) is 22.9. The van der Waals surface area contributed by atoms with Gasteiger partial charge in [0.2, 0.25) is 0 Å². The molecule has 0 unspecified atom stereocenters. The Kier molecular flexibility index (Phi) is 5.64. The fourth-order valence-corrected chi connectivity index (χ4v) is 4.94. The summed E-state index contributed by atoms with van der Waals surface area (Å²) in [6.45, 7) is 3.68. The van der Waals surface area contributed by atoms with E-state index in [2.05, 4.69) is 23.1 Å². The summed E-state index contributed by atoms with van der Waals surface area (Å²) in [5, 5.41) is 11.2. The van der Waals surface area contributed by atoms with Gasteiger partial charge in [0.15, 0.2) is 0 Å². The minimum atomic E-state index is -0.788. The zero-order valence-electron chi connectivity index (χ0n) is 18.7. The number of ether oxygens (including phenoxy) is 1. The third-order valence-electron chi connectivity index (χ3n) is 6.55. The average Bonchev–Trinajstić information content (AvgIpc) is 2.96. The minimum Gasteiger partial charge on any atom is -0.497 e. The molecule has 170 valence electrons. The van der Waals surface area contributed by atoms with E-state index in [9.17, 15) is 9.59 Å². The number of rotatable bonds is 6. The molecule has 33 heavy (non-hydrogen) atoms. The molecule has 0 aliphatic carbocycles. The van der Waals surface area contributed by atoms with Crippen LogP contribution in [0.15, 0.2) is 54.6 Å². The topological polar surface area (TPSA) is 73.3 Å². The summed E-state index contributed by atoms with van der Waals surface area (Å²) in [6.07, 6.45) is 0.902. The lowest BCUT2D eigenvalue weighted by molar-refractivity contribution is -0.138. The second-order valence-electron chi connectivity index (χ2n) is 8.58. The largest absolute Gasteiger partial charge is 0.497 e. The number of benzene rings is 3. The maximum atomic E-state index is 13.3. The third kappa shape index (κ3) is 4.00. The highest BCUT2D eigenvalue weighted by atomic mass is 16.5. The first-order valence-corrected chi connectivity index (χ1v) is 11.2. The van der Waals surface area contributed by atoms with Crippen LogP contribution in [0.3, 0.4) is 0 Å². The molecule has 2 heterocycles. The van der Waals surface area contributed by atoms with E-state index in [1.165, 1.54) is 0 Å². The number of anilines is 2. The summed E-state index contributed by atoms with van der Waals surface area (Å²) in [6, 6.07) is 17.9. The monoisotopic (exact) mass is 445 g/mol. The van der Waals surface area contributed by atoms with E-state index in [-0.39, 0.29) is 12.5 Å². The molecule has 1 N–H and O–H groups in total. The van der Waals surface area contributed by atoms with Crippen LogP contribution >= 0.6 is 0 Å². The van der Waals surface area contributed by atoms with Crippen molar-refractivity contribution in [2.45, 2.75) is 13.0 Å². The maximum Gasteiger partial charge on any atom is 0.317 e. The van der Waals surface area contributed by atoms with Gasteiger partial charge in [0.25, 0.3) is 5.91 Å². The van der Waals surface area contributed by atoms with E-state index in [1.54, 1.807) is 7.11 Å². The number of carboxylic acids is 1. The van der Waals surface area contributed by atoms with Crippen LogP contribution in [0.25, 0.3) is 10.8 Å². The molecule has 3 aromatic rings. The van der Waals surface area contributed by atoms with Gasteiger partial charge in [-0.25, -0.2) is 0 Å². The van der Waals surface area contributed by atoms with Gasteiger partial charge in [0.1, 0.15) is 5.75 Å². The molecular formula is C26H27N3O4. The summed E-state index contributed by atoms with van der Waals surface area (Å²) in [7, 11) is 1.64. The van der Waals surface area contributed by atoms with Gasteiger partial charge in [0.05, 0.1) is 25.9 Å². The standard InChI is InChI=1S/C26H27N3O4/c1-33-19-8-6-18(7-9-19)16-29-23-11-10-22(20-4-2-5-21(25(20)23)26(29)32)28-13-3-12-27(14-15-28)17-24(30)31/h2,4-11H,3,12-17H2,1H3,(H,30,31). The van der Waals surface area contributed by atoms with E-state index in [1.807, 2.05) is 46.2 Å². The Bertz CT molecular complexity index is 1210. The normalized spacial score (nSPS) is 16.3. The molecule has 1 amide bonds. The SMILES string of the molecule is COc1ccc(CN2C(=O)c3cccc4c(N5CCCN(CC(=O)O)CC5)ccc2c34)cc1. The van der Waals surface area contributed by atoms with Crippen molar-refractivity contribution in [1.29, 1.82) is 0 Å². The number of amides is 1. The fraction of sp³-hybridized carbons (Fsp3) is 0.308. The van der Waals surface area contributed by atoms with Crippen molar-refractivity contribution in [3.63, 3.8) is 0 Å². The van der Waals surface area contributed by atoms with Crippen molar-refractivity contribution >= 4 is 34.0 Å². The van der Waals surface area contributed by atoms with Crippen molar-refractivity contribution in [2.75, 3.05) is 49.6 Å². The number of hydrogen-bond donors (Lipinski definition) is 1. The molecule has 5 rings (SSSR count). The Morgan fingerprint density at radius 3 is 2.52 bits per heavy atom. The maximum absolute atomic E-state index is 13.3. The molecular weight excluding hydrogens is 418 g/mol. The molecule has 0 radical (unpaired) electrons. The molecule has 7 nitrogen and oxygen atoms in total. The van der Waals surface area contributed by atoms with Gasteiger partial charge in [0, 0.05) is 48.2 Å². The average molecular weight is 446 g/mol. The van der Waals surface area contributed by atoms with Gasteiger partial charge in [-0.15, -0.1) is 0 Å². The Labute approximate surface area is 192 Å². The van der Waals surface area contributed by atoms with Crippen molar-refractivity contribution in [3.05, 3.63) is 65.7 Å². The first-order valence-electron chi connectivity index (χ1n) is 11.2. The number of carboxylic acid groups (broad SMARTS) is 1. The van der Waals surface area contributed by atoms with Crippen molar-refractivity contribution in [3.8, 4) is 5.75 Å². The van der Waals surface area contributed by atoms with Crippen LogP contribution in [0.2, 0.25) is 0 Å². The predicted octanol–water partition coefficient (Wildman–Crippen LogP) is 3.61. The number of nitrogens with zero attached hydrogens (tertiary/aromatic N) is 3. The number of methoxy groups -OCH3 is 1. The summed E-state index contributed by atoms with van der Waals surface area (Å²) < 4.78 is 5.25. The van der Waals surface area contributed by atoms with Crippen molar-refractivity contribution in [1.82, 2.24) is 4.90 Å². The van der Waals surface area contributed by atoms with E-state index < -0.39 is 5.97 Å². The lowest BCUT2D eigenvalue weighted by Gasteiger charge is -2.25. The Morgan fingerprint density at radius 2 is 1.76 bits per heavy atom. The van der Waals surface area contributed by atoms with Crippen LogP contribution in [0.4, 0.5) is 11.4 Å². The summed E-state index contributed by atoms with van der Waals surface area (Å²) in [5.74, 6) is 0.0252. The molecule has 0 aromatic heterocycles. The van der Waals surface area contributed by atoms with Crippen LogP contribution in [-0.2, 0) is 11.3 Å². The molecule has 1 saturated heterocycles. The van der Waals surface area contributed by atoms with Crippen LogP contribution in [0, 0.1) is 0 Å². The number of carbonyl (C=O) groups is 2. The van der Waals surface area contributed by atoms with Gasteiger partial charge < -0.3 is 19.6 Å². The van der Waals surface area contributed by atoms with Gasteiger partial charge in [-0.1, -0.05) is 24.3 Å². The molecule has 2 aliphatic heterocycles. The van der Waals surface area contributed by atoms with Crippen LogP contribution in [-0.4, -0.2) is 61.7 Å². The molecule has 3 aromatic carbocycles. The molecule has 0 spiro atoms. The summed E-state index contributed by atoms with van der Waals surface area (Å²) >= 11 is 0. The van der Waals surface area contributed by atoms with Crippen LogP contribution in [0.5, 0.6) is 5.75 Å². The molecule has 1 fully saturated rings. The van der Waals surface area contributed by atoms with E-state index in [0.29, 0.717) is 13.1 Å². The van der Waals surface area contributed by atoms with E-state index in [4.69, 9.17) is 9.84 Å². The first kappa shape index (κ1) is 21.3. The first-order chi connectivity index (χ1) is 16.0. The highest BCUT2D eigenvalue weighted by molar-refractivity contribution is 6.26. The molecule has 0 bridgehead atoms. The number of carbonyl (C=O) groups excluding carboxylic acids is 1. The molecule has 7 heteroatoms. The highest BCUT2D eigenvalue weighted by Gasteiger charge is 2.31. The zero-order valence-corrected chi connectivity index (χ0v) is 18.7. The lowest BCUT2D eigenvalue weighted by Crippen LogP contribution is -2.34. The van der Waals surface area contributed by atoms with Crippen LogP contribution < -0.4 is 14.5 Å². The smallest absolute Gasteiger partial charge is 0.317 e. The van der Waals surface area contributed by atoms with Gasteiger partial charge in [-0.2, -0.15) is 0 Å². The van der Waals surface area contributed by atoms with Gasteiger partial charge in [-0.05, 0) is 42.3 Å². The fourth-order valence-electron chi connectivity index (χ4n) is 4.94. The quantitative estimate of drug-likeness (QED) is 0.625.